The number of nitrogens with one attached hydrogen (secondary N) is 1. The maximum atomic E-state index is 10.6. The van der Waals surface area contributed by atoms with Crippen molar-refractivity contribution in [1.82, 2.24) is 9.97 Å². The highest BCUT2D eigenvalue weighted by atomic mass is 16.3. The highest BCUT2D eigenvalue weighted by Gasteiger charge is 1.97. The smallest absolute Gasteiger partial charge is 0.344 e. The Labute approximate surface area is 67.9 Å². The fraction of sp³-hybridized carbons (Fsp3) is 0. The fourth-order valence-electron chi connectivity index (χ4n) is 0.929. The van der Waals surface area contributed by atoms with Gasteiger partial charge >= 0.3 is 5.69 Å². The van der Waals surface area contributed by atoms with Gasteiger partial charge in [0.1, 0.15) is 0 Å². The summed E-state index contributed by atoms with van der Waals surface area (Å²) in [6, 6.07) is 1.80. The summed E-state index contributed by atoms with van der Waals surface area (Å²) in [6.45, 7) is 0. The van der Waals surface area contributed by atoms with Crippen molar-refractivity contribution in [3.63, 3.8) is 0 Å². The van der Waals surface area contributed by atoms with Crippen LogP contribution < -0.4 is 5.69 Å². The first-order chi connectivity index (χ1) is 5.86. The predicted octanol–water partition coefficient (Wildman–Crippen LogP) is 1.03. The molecule has 1 N–H and O–H groups in total. The monoisotopic (exact) mass is 162 g/mol. The summed E-state index contributed by atoms with van der Waals surface area (Å²) in [6.07, 6.45) is 6.26. The van der Waals surface area contributed by atoms with Crippen LogP contribution in [-0.4, -0.2) is 9.97 Å². The molecule has 0 aliphatic rings. The Hall–Kier alpha value is -1.84. The van der Waals surface area contributed by atoms with Gasteiger partial charge in [-0.1, -0.05) is 0 Å². The van der Waals surface area contributed by atoms with Gasteiger partial charge in [-0.15, -0.1) is 0 Å². The minimum atomic E-state index is -0.345. The molecule has 0 atom stereocenters. The topological polar surface area (TPSA) is 58.9 Å². The molecule has 0 aromatic carbocycles. The molecule has 2 heterocycles. The van der Waals surface area contributed by atoms with E-state index in [1.54, 1.807) is 24.8 Å². The molecule has 0 amide bonds. The van der Waals surface area contributed by atoms with Gasteiger partial charge in [0.2, 0.25) is 0 Å². The number of hydrogen-bond donors (Lipinski definition) is 1. The SMILES string of the molecule is O=c1ncc(-c2ccoc2)c[nH]1. The third-order valence-electron chi connectivity index (χ3n) is 1.53. The summed E-state index contributed by atoms with van der Waals surface area (Å²) in [5.74, 6) is 0. The quantitative estimate of drug-likeness (QED) is 0.681. The van der Waals surface area contributed by atoms with Crippen molar-refractivity contribution in [1.29, 1.82) is 0 Å². The van der Waals surface area contributed by atoms with Crippen LogP contribution in [0.2, 0.25) is 0 Å². The number of H-pyrrole nitrogens is 1. The minimum Gasteiger partial charge on any atom is -0.472 e. The molecule has 4 heteroatoms. The third-order valence-corrected chi connectivity index (χ3v) is 1.53. The number of aromatic nitrogens is 2. The molecule has 0 saturated heterocycles. The van der Waals surface area contributed by atoms with Crippen molar-refractivity contribution < 1.29 is 4.42 Å². The highest BCUT2D eigenvalue weighted by molar-refractivity contribution is 5.59. The third kappa shape index (κ3) is 1.14. The van der Waals surface area contributed by atoms with Gasteiger partial charge in [0.25, 0.3) is 0 Å². The maximum absolute atomic E-state index is 10.6. The van der Waals surface area contributed by atoms with Crippen molar-refractivity contribution in [3.8, 4) is 11.1 Å². The van der Waals surface area contributed by atoms with Gasteiger partial charge in [0, 0.05) is 23.5 Å². The van der Waals surface area contributed by atoms with Gasteiger partial charge in [0.15, 0.2) is 0 Å². The van der Waals surface area contributed by atoms with Gasteiger partial charge in [-0.3, -0.25) is 0 Å². The Morgan fingerprint density at radius 2 is 2.33 bits per heavy atom. The number of aromatic amines is 1. The fourth-order valence-corrected chi connectivity index (χ4v) is 0.929. The molecule has 2 aromatic heterocycles. The van der Waals surface area contributed by atoms with Crippen LogP contribution >= 0.6 is 0 Å². The van der Waals surface area contributed by atoms with Crippen molar-refractivity contribution in [2.24, 2.45) is 0 Å². The molecule has 0 fully saturated rings. The van der Waals surface area contributed by atoms with Crippen molar-refractivity contribution in [3.05, 3.63) is 41.5 Å². The highest BCUT2D eigenvalue weighted by Crippen LogP contribution is 2.15. The lowest BCUT2D eigenvalue weighted by molar-refractivity contribution is 0.568. The van der Waals surface area contributed by atoms with Gasteiger partial charge in [-0.05, 0) is 6.07 Å². The molecule has 2 rings (SSSR count). The van der Waals surface area contributed by atoms with Gasteiger partial charge in [-0.25, -0.2) is 9.78 Å². The van der Waals surface area contributed by atoms with E-state index in [0.29, 0.717) is 0 Å². The van der Waals surface area contributed by atoms with Crippen LogP contribution in [0, 0.1) is 0 Å². The first-order valence-corrected chi connectivity index (χ1v) is 3.43. The zero-order valence-corrected chi connectivity index (χ0v) is 6.15. The Bertz CT molecular complexity index is 396. The molecule has 0 aliphatic carbocycles. The van der Waals surface area contributed by atoms with Crippen LogP contribution in [0.3, 0.4) is 0 Å². The van der Waals surface area contributed by atoms with E-state index in [2.05, 4.69) is 9.97 Å². The van der Waals surface area contributed by atoms with E-state index < -0.39 is 0 Å². The van der Waals surface area contributed by atoms with Crippen LogP contribution in [0.4, 0.5) is 0 Å². The molecule has 12 heavy (non-hydrogen) atoms. The second-order valence-electron chi connectivity index (χ2n) is 2.32. The van der Waals surface area contributed by atoms with Crippen molar-refractivity contribution in [2.75, 3.05) is 0 Å². The Balaban J connectivity index is 2.49. The number of furan rings is 1. The molecule has 0 spiro atoms. The zero-order valence-electron chi connectivity index (χ0n) is 6.15. The first kappa shape index (κ1) is 6.84. The summed E-state index contributed by atoms with van der Waals surface area (Å²) in [5, 5.41) is 0. The lowest BCUT2D eigenvalue weighted by Crippen LogP contribution is -2.07. The Morgan fingerprint density at radius 3 is 2.92 bits per heavy atom. The van der Waals surface area contributed by atoms with E-state index in [4.69, 9.17) is 4.42 Å². The molecule has 2 aromatic rings. The summed E-state index contributed by atoms with van der Waals surface area (Å²) >= 11 is 0. The van der Waals surface area contributed by atoms with Gasteiger partial charge in [-0.2, -0.15) is 0 Å². The molecule has 0 bridgehead atoms. The summed E-state index contributed by atoms with van der Waals surface area (Å²) in [4.78, 5) is 16.7. The van der Waals surface area contributed by atoms with Crippen LogP contribution in [0.1, 0.15) is 0 Å². The van der Waals surface area contributed by atoms with E-state index in [1.807, 2.05) is 0 Å². The molecule has 0 unspecified atom stereocenters. The zero-order chi connectivity index (χ0) is 8.39. The maximum Gasteiger partial charge on any atom is 0.344 e. The lowest BCUT2D eigenvalue weighted by atomic mass is 10.2. The van der Waals surface area contributed by atoms with Gasteiger partial charge < -0.3 is 9.40 Å². The minimum absolute atomic E-state index is 0.345. The lowest BCUT2D eigenvalue weighted by Gasteiger charge is -1.91. The average molecular weight is 162 g/mol. The molecule has 4 nitrogen and oxygen atoms in total. The van der Waals surface area contributed by atoms with Crippen molar-refractivity contribution in [2.45, 2.75) is 0 Å². The molecule has 0 aliphatic heterocycles. The Kier molecular flexibility index (Phi) is 1.51. The van der Waals surface area contributed by atoms with Crippen LogP contribution in [0.15, 0.2) is 40.2 Å². The largest absolute Gasteiger partial charge is 0.472 e. The average Bonchev–Trinajstić information content (AvgIpc) is 2.58. The Morgan fingerprint density at radius 1 is 1.42 bits per heavy atom. The second-order valence-corrected chi connectivity index (χ2v) is 2.32. The number of nitrogens with zero attached hydrogens (tertiary/aromatic N) is 1. The van der Waals surface area contributed by atoms with Crippen LogP contribution in [0.5, 0.6) is 0 Å². The van der Waals surface area contributed by atoms with Crippen LogP contribution in [0.25, 0.3) is 11.1 Å². The van der Waals surface area contributed by atoms with Crippen LogP contribution in [-0.2, 0) is 0 Å². The second kappa shape index (κ2) is 2.65. The van der Waals surface area contributed by atoms with E-state index in [-0.39, 0.29) is 5.69 Å². The number of hydrogen-bond acceptors (Lipinski definition) is 3. The summed E-state index contributed by atoms with van der Waals surface area (Å²) < 4.78 is 4.88. The molecule has 0 radical (unpaired) electrons. The van der Waals surface area contributed by atoms with E-state index >= 15 is 0 Å². The van der Waals surface area contributed by atoms with E-state index in [1.165, 1.54) is 6.20 Å². The molecular formula is C8H6N2O2. The summed E-state index contributed by atoms with van der Waals surface area (Å²) in [5.41, 5.74) is 1.39. The molecule has 60 valence electrons. The molecular weight excluding hydrogens is 156 g/mol. The van der Waals surface area contributed by atoms with Crippen molar-refractivity contribution >= 4 is 0 Å². The van der Waals surface area contributed by atoms with E-state index in [0.717, 1.165) is 11.1 Å². The summed E-state index contributed by atoms with van der Waals surface area (Å²) in [7, 11) is 0. The van der Waals surface area contributed by atoms with Gasteiger partial charge in [0.05, 0.1) is 12.5 Å². The first-order valence-electron chi connectivity index (χ1n) is 3.43. The van der Waals surface area contributed by atoms with E-state index in [9.17, 15) is 4.79 Å². The normalized spacial score (nSPS) is 10.0. The predicted molar refractivity (Wildman–Crippen MR) is 42.6 cm³/mol. The number of rotatable bonds is 1. The standard InChI is InChI=1S/C8H6N2O2/c11-8-9-3-7(4-10-8)6-1-2-12-5-6/h1-5H,(H,9,10,11). The molecule has 0 saturated carbocycles.